The van der Waals surface area contributed by atoms with Crippen LogP contribution in [-0.4, -0.2) is 59.6 Å². The molecule has 8 heterocycles. The van der Waals surface area contributed by atoms with E-state index in [-0.39, 0.29) is 80.2 Å². The van der Waals surface area contributed by atoms with Gasteiger partial charge in [-0.25, -0.2) is 4.24 Å². The van der Waals surface area contributed by atoms with Gasteiger partial charge in [0.15, 0.2) is 23.9 Å². The zero-order chi connectivity index (χ0) is 92.6. The largest absolute Gasteiger partial charge is 2.00 e. The van der Waals surface area contributed by atoms with Gasteiger partial charge >= 0.3 is 21.1 Å². The van der Waals surface area contributed by atoms with Crippen LogP contribution in [-0.2, 0) is 72.5 Å². The Balaban J connectivity index is 0.000000193. The Morgan fingerprint density at radius 2 is 1.03 bits per heavy atom. The van der Waals surface area contributed by atoms with Crippen molar-refractivity contribution in [3.8, 4) is 56.3 Å². The number of aliphatic hydroxyl groups is 1. The summed E-state index contributed by atoms with van der Waals surface area (Å²) in [5.41, 5.74) is 23.7. The average Bonchev–Trinajstić information content (AvgIpc) is 0.775. The van der Waals surface area contributed by atoms with Crippen LogP contribution in [0.15, 0.2) is 405 Å². The van der Waals surface area contributed by atoms with Gasteiger partial charge in [-0.1, -0.05) is 219 Å². The number of nitrogens with zero attached hydrogens (tertiary/aromatic N) is 9. The first-order chi connectivity index (χ1) is 64.9. The van der Waals surface area contributed by atoms with Crippen LogP contribution >= 0.6 is 0 Å². The zero-order valence-corrected chi connectivity index (χ0v) is 85.1. The second-order valence-corrected chi connectivity index (χ2v) is 33.9. The van der Waals surface area contributed by atoms with E-state index in [2.05, 4.69) is 300 Å². The van der Waals surface area contributed by atoms with Gasteiger partial charge in [-0.15, -0.1) is 209 Å². The summed E-state index contributed by atoms with van der Waals surface area (Å²) in [4.78, 5) is 27.6. The smallest absolute Gasteiger partial charge is 0.512 e. The number of aromatic nitrogens is 6. The molecule has 2 aliphatic carbocycles. The molecule has 3 atom stereocenters. The van der Waals surface area contributed by atoms with Crippen molar-refractivity contribution in [3.63, 3.8) is 0 Å². The van der Waals surface area contributed by atoms with Crippen LogP contribution in [0.25, 0.3) is 83.4 Å². The second-order valence-electron chi connectivity index (χ2n) is 33.9. The average molecular weight is 2330 g/mol. The molecule has 1 saturated carbocycles. The number of carbonyl (C=O) groups excluding carboxylic acids is 1. The minimum atomic E-state index is -0.125. The van der Waals surface area contributed by atoms with E-state index in [4.69, 9.17) is 5.11 Å². The van der Waals surface area contributed by atoms with E-state index in [0.29, 0.717) is 0 Å². The molecule has 11 nitrogen and oxygen atoms in total. The van der Waals surface area contributed by atoms with Gasteiger partial charge in [0, 0.05) is 94.6 Å². The van der Waals surface area contributed by atoms with Crippen LogP contribution in [0.2, 0.25) is 0 Å². The van der Waals surface area contributed by atoms with E-state index in [1.807, 2.05) is 193 Å². The molecule has 19 rings (SSSR count). The number of allylic oxidation sites excluding steroid dienone is 10. The quantitative estimate of drug-likeness (QED) is 0.0283. The predicted molar refractivity (Wildman–Crippen MR) is 551 cm³/mol. The molecule has 4 aliphatic rings. The van der Waals surface area contributed by atoms with Crippen molar-refractivity contribution in [2.75, 3.05) is 0 Å². The van der Waals surface area contributed by atoms with E-state index in [0.717, 1.165) is 98.9 Å². The summed E-state index contributed by atoms with van der Waals surface area (Å²) in [6.07, 6.45) is 47.7. The molecule has 9 aromatic carbocycles. The van der Waals surface area contributed by atoms with Gasteiger partial charge in [0.2, 0.25) is 0 Å². The minimum absolute atomic E-state index is 0. The fourth-order valence-corrected chi connectivity index (χ4v) is 17.2. The predicted octanol–water partition coefficient (Wildman–Crippen LogP) is 26.5. The number of rotatable bonds is 19. The molecule has 2 radical (unpaired) electrons. The number of hydrogen-bond donors (Lipinski definition) is 1. The van der Waals surface area contributed by atoms with Gasteiger partial charge < -0.3 is 20.1 Å². The molecule has 14 heteroatoms. The number of aliphatic hydroxyl groups excluding tert-OH is 1. The Hall–Kier alpha value is -13.6. The van der Waals surface area contributed by atoms with Crippen molar-refractivity contribution in [3.05, 3.63) is 505 Å². The Labute approximate surface area is 852 Å². The number of carbonyl (C=O) groups is 1. The van der Waals surface area contributed by atoms with Gasteiger partial charge in [0.25, 0.3) is 0 Å². The molecule has 2 aliphatic heterocycles. The molecule has 0 bridgehead atoms. The van der Waals surface area contributed by atoms with Gasteiger partial charge in [-0.05, 0) is 194 Å². The monoisotopic (exact) mass is 2330 g/mol. The molecule has 15 aromatic rings. The maximum absolute atomic E-state index is 10.0. The van der Waals surface area contributed by atoms with E-state index in [9.17, 15) is 4.79 Å². The molecular formula is C123H117Ir2N9O2Pt-2. The summed E-state index contributed by atoms with van der Waals surface area (Å²) >= 11 is 0. The van der Waals surface area contributed by atoms with Gasteiger partial charge in [-0.2, -0.15) is 0 Å². The van der Waals surface area contributed by atoms with Crippen LogP contribution in [0.5, 0.6) is 0 Å². The maximum atomic E-state index is 10.0. The standard InChI is InChI=1S/C51H57N3.C23H16N3.C17H14N.C15H10N.C11H8N.C5H8O2.CH4.2Ir.Pt/c1-37-13-7-10-16-46(37)49-28-25-40(34-52(49)4)19-22-43-31-44(23-20-41-26-29-50(53(5)35-41)47-17-11-8-14-38(47)2)33-45(32-43)24-21-42-27-30-51(54(6)36-42)48-18-12-9-15-39(48)3;1-2-10-20(11-3-1)23-14-5-7-16-26(23)25-18-19-9-8-12-21(17-19)22-13-4-6-15-24-22;1-12-6-5-8-14(10-12)17-13(2)16-9-4-3-7-15(16)11-18-17;1-2-6-12(7-3-1)15-10-13-8-4-5-9-14(13)11-16-15;1-2-6-10(7-3-1)11-8-4-5-9-12-11;1-4(6)3-5(2)7;;;;/h7-18,25-30,34-36,43-45H,4-6,19-24,31-33H2,1-3H3;1-10,12-16,18H;3-7,9-11H,1-2H3;1-6,8-11H;1-6,8-9H;3,6H,1-2H3;1H4;;;/q;4*-1;;;;;+2/t43?,44-,45+;;;;;;;;;. The second kappa shape index (κ2) is 53.6. The van der Waals surface area contributed by atoms with E-state index in [1.54, 1.807) is 18.6 Å². The zero-order valence-electron chi connectivity index (χ0n) is 78.0. The molecule has 0 spiro atoms. The van der Waals surface area contributed by atoms with E-state index in [1.165, 1.54) is 159 Å². The third-order valence-corrected chi connectivity index (χ3v) is 23.9. The third kappa shape index (κ3) is 30.4. The normalized spacial score (nSPS) is 14.9. The van der Waals surface area contributed by atoms with Crippen LogP contribution in [0.1, 0.15) is 124 Å². The summed E-state index contributed by atoms with van der Waals surface area (Å²) in [6.45, 7) is 26.8. The molecule has 1 fully saturated rings. The van der Waals surface area contributed by atoms with Crippen LogP contribution in [0, 0.1) is 100 Å². The summed E-state index contributed by atoms with van der Waals surface area (Å²) in [5, 5.41) is 19.0. The third-order valence-electron chi connectivity index (χ3n) is 23.9. The SMILES string of the molecule is C.C=[N+]1C=C(CC[C@@H]2CC(CCc3ccc(=C4C=CC=C[C-]4C)[n+](=C)c3)C[C@H](CCC3=C[N+](=C)[C-](c4ccccc4C)C=C3)C2)C=C[C-]1c1ccccc1C.CC(=O)C=C(C)O.Cc1cc[c-]c(-c2ncc3ccccc3c2C)c1.[Ir].[Ir].[Pt+2].[c-]1c(C=N[n+]2ccccc2-c2[c-]cccc2)cccc1-c1ccccn1.[c-]1ccccc1-c1cc2ccccc2cn1.[c-]1ccccc1-c1ccccn1. The van der Waals surface area contributed by atoms with Gasteiger partial charge in [0.1, 0.15) is 36.6 Å². The Morgan fingerprint density at radius 1 is 0.504 bits per heavy atom. The first-order valence-electron chi connectivity index (χ1n) is 45.5. The summed E-state index contributed by atoms with van der Waals surface area (Å²) in [6, 6.07) is 112. The topological polar surface area (TPSA) is 117 Å². The number of benzene rings is 9. The molecule has 137 heavy (non-hydrogen) atoms. The van der Waals surface area contributed by atoms with Crippen LogP contribution in [0.4, 0.5) is 0 Å². The van der Waals surface area contributed by atoms with Crippen LogP contribution in [0.3, 0.4) is 0 Å². The molecule has 696 valence electrons. The Bertz CT molecular complexity index is 6770. The number of hydrogen-bond acceptors (Lipinski definition) is 7. The molecule has 6 aromatic heterocycles. The van der Waals surface area contributed by atoms with Crippen molar-refractivity contribution < 1.29 is 89.2 Å². The number of pyridine rings is 6. The number of aryl methyl sites for hydroxylation is 5. The minimum Gasteiger partial charge on any atom is -0.512 e. The van der Waals surface area contributed by atoms with Crippen molar-refractivity contribution in [2.24, 2.45) is 22.9 Å². The molecule has 1 unspecified atom stereocenters. The summed E-state index contributed by atoms with van der Waals surface area (Å²) in [7, 11) is 0. The van der Waals surface area contributed by atoms with E-state index < -0.39 is 0 Å². The molecule has 0 saturated heterocycles. The fourth-order valence-electron chi connectivity index (χ4n) is 17.2. The van der Waals surface area contributed by atoms with Crippen molar-refractivity contribution in [1.29, 1.82) is 0 Å². The first-order valence-corrected chi connectivity index (χ1v) is 45.5. The first kappa shape index (κ1) is 105. The molecule has 1 N–H and O–H groups in total. The Kier molecular flexibility index (Phi) is 41.3. The van der Waals surface area contributed by atoms with Gasteiger partial charge in [-0.3, -0.25) is 18.9 Å². The van der Waals surface area contributed by atoms with Crippen molar-refractivity contribution in [1.82, 2.24) is 19.9 Å². The number of ketones is 1. The molecular weight excluding hydrogens is 2210 g/mol. The summed E-state index contributed by atoms with van der Waals surface area (Å²) < 4.78 is 8.06. The van der Waals surface area contributed by atoms with Crippen molar-refractivity contribution in [2.45, 2.75) is 114 Å². The molecule has 0 amide bonds. The van der Waals surface area contributed by atoms with Gasteiger partial charge in [0.05, 0.1) is 19.2 Å². The summed E-state index contributed by atoms with van der Waals surface area (Å²) in [5.74, 6) is 3.40. The van der Waals surface area contributed by atoms with Crippen LogP contribution < -0.4 is 14.3 Å². The maximum Gasteiger partial charge on any atom is 2.00 e. The van der Waals surface area contributed by atoms with E-state index >= 15 is 0 Å². The fraction of sp³-hybridized carbons (Fsp3) is 0.163. The number of fused-ring (bicyclic) bond motifs is 2. The van der Waals surface area contributed by atoms with Crippen molar-refractivity contribution >= 4 is 52.6 Å². The Morgan fingerprint density at radius 3 is 1.58 bits per heavy atom.